The van der Waals surface area contributed by atoms with Gasteiger partial charge in [-0.3, -0.25) is 9.78 Å². The molecule has 0 aliphatic rings. The van der Waals surface area contributed by atoms with Crippen molar-refractivity contribution in [2.75, 3.05) is 5.32 Å². The predicted octanol–water partition coefficient (Wildman–Crippen LogP) is 5.50. The maximum absolute atomic E-state index is 13.6. The zero-order valence-electron chi connectivity index (χ0n) is 15.9. The first kappa shape index (κ1) is 21.6. The Hall–Kier alpha value is -3.60. The third-order valence-corrected chi connectivity index (χ3v) is 4.98. The summed E-state index contributed by atoms with van der Waals surface area (Å²) in [5.41, 5.74) is -0.221. The molecule has 4 rings (SSSR count). The Bertz CT molecular complexity index is 1270. The molecule has 0 aliphatic carbocycles. The van der Waals surface area contributed by atoms with E-state index in [-0.39, 0.29) is 27.2 Å². The summed E-state index contributed by atoms with van der Waals surface area (Å²) in [5.74, 6) is -0.971. The number of alkyl halides is 3. The summed E-state index contributed by atoms with van der Waals surface area (Å²) in [6.45, 7) is 0. The van der Waals surface area contributed by atoms with E-state index in [1.54, 1.807) is 12.1 Å². The number of nitrogens with zero attached hydrogens (tertiary/aromatic N) is 4. The van der Waals surface area contributed by atoms with Crippen LogP contribution in [0.25, 0.3) is 16.9 Å². The van der Waals surface area contributed by atoms with Crippen LogP contribution in [0.5, 0.6) is 0 Å². The summed E-state index contributed by atoms with van der Waals surface area (Å²) in [6.07, 6.45) is -0.577. The van der Waals surface area contributed by atoms with E-state index in [4.69, 9.17) is 0 Å². The van der Waals surface area contributed by atoms with Crippen molar-refractivity contribution in [3.8, 4) is 16.9 Å². The van der Waals surface area contributed by atoms with Crippen molar-refractivity contribution in [2.45, 2.75) is 6.18 Å². The molecule has 0 unspecified atom stereocenters. The number of benzene rings is 1. The number of pyridine rings is 2. The third kappa shape index (κ3) is 4.52. The number of amides is 1. The van der Waals surface area contributed by atoms with Gasteiger partial charge in [-0.15, -0.1) is 0 Å². The van der Waals surface area contributed by atoms with E-state index in [1.807, 2.05) is 0 Å². The molecular weight excluding hydrogens is 494 g/mol. The van der Waals surface area contributed by atoms with Crippen LogP contribution in [0.2, 0.25) is 0 Å². The maximum atomic E-state index is 13.6. The highest BCUT2D eigenvalue weighted by Gasteiger charge is 2.36. The normalized spacial score (nSPS) is 11.4. The van der Waals surface area contributed by atoms with E-state index in [0.717, 1.165) is 23.0 Å². The first-order chi connectivity index (χ1) is 15.2. The van der Waals surface area contributed by atoms with Crippen LogP contribution < -0.4 is 5.32 Å². The molecule has 3 aromatic heterocycles. The van der Waals surface area contributed by atoms with Crippen molar-refractivity contribution in [3.63, 3.8) is 0 Å². The summed E-state index contributed by atoms with van der Waals surface area (Å²) in [5, 5.41) is 6.57. The molecule has 1 N–H and O–H groups in total. The van der Waals surface area contributed by atoms with Crippen molar-refractivity contribution < 1.29 is 22.4 Å². The highest BCUT2D eigenvalue weighted by Crippen LogP contribution is 2.34. The number of carbonyl (C=O) groups is 1. The lowest BCUT2D eigenvalue weighted by molar-refractivity contribution is -0.142. The first-order valence-electron chi connectivity index (χ1n) is 9.03. The fraction of sp³-hybridized carbons (Fsp3) is 0.0476. The molecule has 4 aromatic rings. The van der Waals surface area contributed by atoms with Crippen molar-refractivity contribution in [3.05, 3.63) is 88.7 Å². The number of nitrogens with one attached hydrogen (secondary N) is 1. The number of anilines is 1. The number of hydrogen-bond acceptors (Lipinski definition) is 4. The van der Waals surface area contributed by atoms with Crippen LogP contribution in [0, 0.1) is 5.82 Å². The molecule has 1 amide bonds. The van der Waals surface area contributed by atoms with Crippen LogP contribution in [0.15, 0.2) is 71.6 Å². The van der Waals surface area contributed by atoms with E-state index in [2.05, 4.69) is 36.3 Å². The van der Waals surface area contributed by atoms with Crippen LogP contribution in [-0.2, 0) is 6.18 Å². The minimum atomic E-state index is -4.66. The largest absolute Gasteiger partial charge is 0.433 e. The Balaban J connectivity index is 1.61. The zero-order valence-corrected chi connectivity index (χ0v) is 17.5. The lowest BCUT2D eigenvalue weighted by atomic mass is 10.2. The second kappa shape index (κ2) is 8.50. The fourth-order valence-electron chi connectivity index (χ4n) is 2.85. The average molecular weight is 506 g/mol. The molecule has 0 saturated carbocycles. The zero-order chi connectivity index (χ0) is 22.9. The fourth-order valence-corrected chi connectivity index (χ4v) is 3.23. The van der Waals surface area contributed by atoms with Crippen molar-refractivity contribution in [2.24, 2.45) is 0 Å². The van der Waals surface area contributed by atoms with Gasteiger partial charge in [-0.2, -0.15) is 18.3 Å². The summed E-state index contributed by atoms with van der Waals surface area (Å²) >= 11 is 3.00. The minimum Gasteiger partial charge on any atom is -0.307 e. The topological polar surface area (TPSA) is 72.7 Å². The first-order valence-corrected chi connectivity index (χ1v) is 9.82. The van der Waals surface area contributed by atoms with Crippen LogP contribution in [0.1, 0.15) is 16.1 Å². The predicted molar refractivity (Wildman–Crippen MR) is 112 cm³/mol. The van der Waals surface area contributed by atoms with Crippen LogP contribution >= 0.6 is 15.9 Å². The molecule has 32 heavy (non-hydrogen) atoms. The lowest BCUT2D eigenvalue weighted by Crippen LogP contribution is -2.15. The quantitative estimate of drug-likeness (QED) is 0.371. The molecule has 0 saturated heterocycles. The highest BCUT2D eigenvalue weighted by molar-refractivity contribution is 9.10. The van der Waals surface area contributed by atoms with Gasteiger partial charge in [-0.05, 0) is 64.5 Å². The number of aromatic nitrogens is 4. The number of halogens is 5. The second-order valence-corrected chi connectivity index (χ2v) is 7.41. The average Bonchev–Trinajstić information content (AvgIpc) is 3.23. The standard InChI is InChI=1S/C21H12BrF4N5O/c22-15-8-12(3-5-16(15)23)20(32)29-19-6-4-14(11-28-19)31-18(21(24,25)26)9-17(30-31)13-2-1-7-27-10-13/h1-11H,(H,28,29,32). The molecule has 0 atom stereocenters. The molecule has 0 fully saturated rings. The van der Waals surface area contributed by atoms with Crippen molar-refractivity contribution in [1.82, 2.24) is 19.7 Å². The maximum Gasteiger partial charge on any atom is 0.433 e. The molecule has 0 aliphatic heterocycles. The Morgan fingerprint density at radius 3 is 2.50 bits per heavy atom. The van der Waals surface area contributed by atoms with Gasteiger partial charge in [-0.1, -0.05) is 0 Å². The van der Waals surface area contributed by atoms with Gasteiger partial charge in [0.25, 0.3) is 5.91 Å². The van der Waals surface area contributed by atoms with E-state index in [1.165, 1.54) is 36.7 Å². The SMILES string of the molecule is O=C(Nc1ccc(-n2nc(-c3cccnc3)cc2C(F)(F)F)cn1)c1ccc(F)c(Br)c1. The molecule has 6 nitrogen and oxygen atoms in total. The Kier molecular flexibility index (Phi) is 5.74. The van der Waals surface area contributed by atoms with E-state index < -0.39 is 23.6 Å². The van der Waals surface area contributed by atoms with Gasteiger partial charge in [0.15, 0.2) is 0 Å². The van der Waals surface area contributed by atoms with Crippen LogP contribution in [-0.4, -0.2) is 25.7 Å². The van der Waals surface area contributed by atoms with E-state index in [9.17, 15) is 22.4 Å². The van der Waals surface area contributed by atoms with Gasteiger partial charge in [0.1, 0.15) is 17.3 Å². The Morgan fingerprint density at radius 2 is 1.88 bits per heavy atom. The monoisotopic (exact) mass is 505 g/mol. The van der Waals surface area contributed by atoms with Gasteiger partial charge in [0.2, 0.25) is 0 Å². The molecule has 162 valence electrons. The summed E-state index contributed by atoms with van der Waals surface area (Å²) in [6, 6.07) is 10.5. The lowest BCUT2D eigenvalue weighted by Gasteiger charge is -2.10. The van der Waals surface area contributed by atoms with Gasteiger partial charge < -0.3 is 5.32 Å². The van der Waals surface area contributed by atoms with Crippen LogP contribution in [0.4, 0.5) is 23.4 Å². The van der Waals surface area contributed by atoms with Crippen molar-refractivity contribution >= 4 is 27.7 Å². The molecule has 0 bridgehead atoms. The highest BCUT2D eigenvalue weighted by atomic mass is 79.9. The molecular formula is C21H12BrF4N5O. The molecule has 1 aromatic carbocycles. The summed E-state index contributed by atoms with van der Waals surface area (Å²) < 4.78 is 54.9. The number of hydrogen-bond donors (Lipinski definition) is 1. The molecule has 0 radical (unpaired) electrons. The van der Waals surface area contributed by atoms with Gasteiger partial charge in [0.05, 0.1) is 22.1 Å². The number of rotatable bonds is 4. The van der Waals surface area contributed by atoms with E-state index in [0.29, 0.717) is 5.56 Å². The van der Waals surface area contributed by atoms with Crippen LogP contribution in [0.3, 0.4) is 0 Å². The smallest absolute Gasteiger partial charge is 0.307 e. The summed E-state index contributed by atoms with van der Waals surface area (Å²) in [7, 11) is 0. The molecule has 11 heteroatoms. The number of carbonyl (C=O) groups excluding carboxylic acids is 1. The van der Waals surface area contributed by atoms with Crippen molar-refractivity contribution in [1.29, 1.82) is 0 Å². The Morgan fingerprint density at radius 1 is 1.06 bits per heavy atom. The van der Waals surface area contributed by atoms with Gasteiger partial charge in [-0.25, -0.2) is 14.1 Å². The third-order valence-electron chi connectivity index (χ3n) is 4.37. The Labute approximate surface area is 187 Å². The van der Waals surface area contributed by atoms with E-state index >= 15 is 0 Å². The van der Waals surface area contributed by atoms with Gasteiger partial charge >= 0.3 is 6.18 Å². The molecule has 0 spiro atoms. The summed E-state index contributed by atoms with van der Waals surface area (Å²) in [4.78, 5) is 20.2. The minimum absolute atomic E-state index is 0.0509. The van der Waals surface area contributed by atoms with Gasteiger partial charge in [0, 0.05) is 23.5 Å². The molecule has 3 heterocycles. The second-order valence-electron chi connectivity index (χ2n) is 6.55.